The number of carbonyl (C=O) groups is 3. The average Bonchev–Trinajstić information content (AvgIpc) is 2.67. The predicted molar refractivity (Wildman–Crippen MR) is 102 cm³/mol. The molecule has 1 aliphatic rings. The highest BCUT2D eigenvalue weighted by Gasteiger charge is 2.23. The summed E-state index contributed by atoms with van der Waals surface area (Å²) in [4.78, 5) is 40.8. The van der Waals surface area contributed by atoms with Crippen LogP contribution in [-0.2, 0) is 27.2 Å². The average molecular weight is 359 g/mol. The quantitative estimate of drug-likeness (QED) is 0.698. The Kier molecular flexibility index (Phi) is 7.18. The molecule has 0 spiro atoms. The highest BCUT2D eigenvalue weighted by atomic mass is 16.2. The van der Waals surface area contributed by atoms with Gasteiger partial charge in [0.25, 0.3) is 0 Å². The van der Waals surface area contributed by atoms with Crippen LogP contribution in [0.25, 0.3) is 0 Å². The van der Waals surface area contributed by atoms with E-state index in [0.717, 1.165) is 36.1 Å². The number of amides is 3. The molecule has 1 fully saturated rings. The van der Waals surface area contributed by atoms with Crippen LogP contribution >= 0.6 is 0 Å². The van der Waals surface area contributed by atoms with E-state index in [4.69, 9.17) is 0 Å². The third-order valence-electron chi connectivity index (χ3n) is 4.98. The second kappa shape index (κ2) is 9.36. The van der Waals surface area contributed by atoms with Gasteiger partial charge in [-0.15, -0.1) is 0 Å². The van der Waals surface area contributed by atoms with Gasteiger partial charge in [-0.2, -0.15) is 0 Å². The van der Waals surface area contributed by atoms with E-state index >= 15 is 0 Å². The van der Waals surface area contributed by atoms with Crippen LogP contribution in [-0.4, -0.2) is 60.7 Å². The van der Waals surface area contributed by atoms with Crippen molar-refractivity contribution in [2.45, 2.75) is 40.0 Å². The molecule has 0 N–H and O–H groups in total. The van der Waals surface area contributed by atoms with Crippen molar-refractivity contribution in [2.75, 3.05) is 37.6 Å². The lowest BCUT2D eigenvalue weighted by Gasteiger charge is -2.33. The molecular formula is C20H29N3O3. The van der Waals surface area contributed by atoms with Crippen LogP contribution in [0.3, 0.4) is 0 Å². The van der Waals surface area contributed by atoms with Crippen LogP contribution in [0.5, 0.6) is 0 Å². The summed E-state index contributed by atoms with van der Waals surface area (Å²) in [5.41, 5.74) is 3.22. The molecule has 26 heavy (non-hydrogen) atoms. The number of hydrogen-bond acceptors (Lipinski definition) is 3. The van der Waals surface area contributed by atoms with Crippen molar-refractivity contribution in [3.63, 3.8) is 0 Å². The number of rotatable bonds is 7. The van der Waals surface area contributed by atoms with Gasteiger partial charge >= 0.3 is 0 Å². The molecule has 6 nitrogen and oxygen atoms in total. The number of aryl methyl sites for hydroxylation is 2. The first kappa shape index (κ1) is 19.9. The molecule has 0 unspecified atom stereocenters. The van der Waals surface area contributed by atoms with Gasteiger partial charge in [-0.1, -0.05) is 32.0 Å². The van der Waals surface area contributed by atoms with Crippen molar-refractivity contribution in [3.05, 3.63) is 29.3 Å². The van der Waals surface area contributed by atoms with Crippen LogP contribution in [0, 0.1) is 0 Å². The molecule has 0 atom stereocenters. The first-order valence-corrected chi connectivity index (χ1v) is 9.37. The molecule has 0 radical (unpaired) electrons. The Hall–Kier alpha value is -2.37. The van der Waals surface area contributed by atoms with E-state index in [2.05, 4.69) is 13.8 Å². The molecule has 0 aromatic heterocycles. The first-order valence-electron chi connectivity index (χ1n) is 9.37. The first-order chi connectivity index (χ1) is 12.5. The minimum absolute atomic E-state index is 0.0360. The van der Waals surface area contributed by atoms with E-state index in [1.807, 2.05) is 18.2 Å². The SMILES string of the molecule is CCc1cccc(CC)c1N(CCC(=O)N1CCN(C=O)CC1)C(C)=O. The standard InChI is InChI=1S/C20H29N3O3/c1-4-17-7-6-8-18(5-2)20(17)23(16(3)25)10-9-19(26)22-13-11-21(15-24)12-14-22/h6-8,15H,4-5,9-14H2,1-3H3. The number of carbonyl (C=O) groups excluding carboxylic acids is 3. The lowest BCUT2D eigenvalue weighted by Crippen LogP contribution is -2.48. The molecule has 1 heterocycles. The Bertz CT molecular complexity index is 629. The number of piperazine rings is 1. The number of para-hydroxylation sites is 1. The van der Waals surface area contributed by atoms with Crippen LogP contribution in [0.1, 0.15) is 38.3 Å². The third kappa shape index (κ3) is 4.62. The largest absolute Gasteiger partial charge is 0.342 e. The maximum Gasteiger partial charge on any atom is 0.224 e. The van der Waals surface area contributed by atoms with Gasteiger partial charge in [-0.05, 0) is 24.0 Å². The molecule has 1 saturated heterocycles. The van der Waals surface area contributed by atoms with Crippen molar-refractivity contribution in [1.29, 1.82) is 0 Å². The summed E-state index contributed by atoms with van der Waals surface area (Å²) in [7, 11) is 0. The lowest BCUT2D eigenvalue weighted by atomic mass is 10.0. The maximum absolute atomic E-state index is 12.5. The predicted octanol–water partition coefficient (Wildman–Crippen LogP) is 1.85. The number of benzene rings is 1. The van der Waals surface area contributed by atoms with E-state index in [-0.39, 0.29) is 11.8 Å². The van der Waals surface area contributed by atoms with Gasteiger partial charge in [-0.3, -0.25) is 14.4 Å². The van der Waals surface area contributed by atoms with Crippen LogP contribution < -0.4 is 4.90 Å². The molecule has 0 bridgehead atoms. The summed E-state index contributed by atoms with van der Waals surface area (Å²) in [6.07, 6.45) is 2.80. The molecule has 1 aliphatic heterocycles. The summed E-state index contributed by atoms with van der Waals surface area (Å²) in [5.74, 6) is -0.00648. The van der Waals surface area contributed by atoms with Gasteiger partial charge in [-0.25, -0.2) is 0 Å². The molecule has 0 saturated carbocycles. The van der Waals surface area contributed by atoms with Gasteiger partial charge in [0.2, 0.25) is 18.2 Å². The molecular weight excluding hydrogens is 330 g/mol. The lowest BCUT2D eigenvalue weighted by molar-refractivity contribution is -0.135. The monoisotopic (exact) mass is 359 g/mol. The molecule has 1 aromatic carbocycles. The Balaban J connectivity index is 2.09. The Morgan fingerprint density at radius 1 is 1.08 bits per heavy atom. The number of hydrogen-bond donors (Lipinski definition) is 0. The fourth-order valence-corrected chi connectivity index (χ4v) is 3.43. The maximum atomic E-state index is 12.5. The van der Waals surface area contributed by atoms with Gasteiger partial charge in [0.15, 0.2) is 0 Å². The van der Waals surface area contributed by atoms with Crippen LogP contribution in [0.15, 0.2) is 18.2 Å². The molecule has 0 aliphatic carbocycles. The van der Waals surface area contributed by atoms with E-state index in [0.29, 0.717) is 39.1 Å². The topological polar surface area (TPSA) is 60.9 Å². The highest BCUT2D eigenvalue weighted by molar-refractivity contribution is 5.94. The summed E-state index contributed by atoms with van der Waals surface area (Å²) in [6.45, 7) is 8.36. The minimum Gasteiger partial charge on any atom is -0.342 e. The molecule has 3 amide bonds. The summed E-state index contributed by atoms with van der Waals surface area (Å²) in [6, 6.07) is 6.12. The molecule has 1 aromatic rings. The Labute approximate surface area is 155 Å². The van der Waals surface area contributed by atoms with Crippen molar-refractivity contribution in [1.82, 2.24) is 9.80 Å². The van der Waals surface area contributed by atoms with Crippen molar-refractivity contribution < 1.29 is 14.4 Å². The van der Waals surface area contributed by atoms with E-state index in [1.54, 1.807) is 21.6 Å². The van der Waals surface area contributed by atoms with Gasteiger partial charge in [0.05, 0.1) is 0 Å². The normalized spacial score (nSPS) is 14.3. The zero-order chi connectivity index (χ0) is 19.1. The molecule has 2 rings (SSSR count). The van der Waals surface area contributed by atoms with Gasteiger partial charge < -0.3 is 14.7 Å². The van der Waals surface area contributed by atoms with Crippen LogP contribution in [0.4, 0.5) is 5.69 Å². The smallest absolute Gasteiger partial charge is 0.224 e. The fraction of sp³-hybridized carbons (Fsp3) is 0.550. The summed E-state index contributed by atoms with van der Waals surface area (Å²) < 4.78 is 0. The Morgan fingerprint density at radius 3 is 2.12 bits per heavy atom. The molecule has 142 valence electrons. The van der Waals surface area contributed by atoms with Gasteiger partial charge in [0, 0.05) is 51.8 Å². The third-order valence-corrected chi connectivity index (χ3v) is 4.98. The van der Waals surface area contributed by atoms with Crippen molar-refractivity contribution >= 4 is 23.9 Å². The Morgan fingerprint density at radius 2 is 1.65 bits per heavy atom. The molecule has 6 heteroatoms. The second-order valence-electron chi connectivity index (χ2n) is 6.57. The zero-order valence-corrected chi connectivity index (χ0v) is 16.0. The number of anilines is 1. The number of nitrogens with zero attached hydrogens (tertiary/aromatic N) is 3. The van der Waals surface area contributed by atoms with E-state index in [1.165, 1.54) is 0 Å². The fourth-order valence-electron chi connectivity index (χ4n) is 3.43. The minimum atomic E-state index is -0.0424. The summed E-state index contributed by atoms with van der Waals surface area (Å²) >= 11 is 0. The van der Waals surface area contributed by atoms with Crippen LogP contribution in [0.2, 0.25) is 0 Å². The highest BCUT2D eigenvalue weighted by Crippen LogP contribution is 2.27. The zero-order valence-electron chi connectivity index (χ0n) is 16.0. The van der Waals surface area contributed by atoms with Crippen molar-refractivity contribution in [2.24, 2.45) is 0 Å². The summed E-state index contributed by atoms with van der Waals surface area (Å²) in [5, 5.41) is 0. The van der Waals surface area contributed by atoms with E-state index < -0.39 is 0 Å². The van der Waals surface area contributed by atoms with Gasteiger partial charge in [0.1, 0.15) is 0 Å². The van der Waals surface area contributed by atoms with Crippen molar-refractivity contribution in [3.8, 4) is 0 Å². The van der Waals surface area contributed by atoms with E-state index in [9.17, 15) is 14.4 Å². The second-order valence-corrected chi connectivity index (χ2v) is 6.57.